The highest BCUT2D eigenvalue weighted by atomic mass is 14.5. The van der Waals surface area contributed by atoms with Crippen molar-refractivity contribution in [3.05, 3.63) is 59.2 Å². The standard InChI is InChI=1S/C30H42/c1-3-5-7-13-22-30(23-14-8-6-4-2)28-21-12-11-18-26(28)27-20-15-19-25(29(27)30)24-16-9-10-17-24/h11-12,15,18-21,24H,3-10,13-14,16-17,22-23H2,1-2H3. The van der Waals surface area contributed by atoms with Gasteiger partial charge < -0.3 is 0 Å². The molecule has 0 atom stereocenters. The van der Waals surface area contributed by atoms with E-state index in [-0.39, 0.29) is 5.41 Å². The van der Waals surface area contributed by atoms with Crippen molar-refractivity contribution in [3.8, 4) is 11.1 Å². The third-order valence-electron chi connectivity index (χ3n) is 8.02. The molecule has 0 saturated heterocycles. The second-order valence-electron chi connectivity index (χ2n) is 10.0. The number of hydrogen-bond acceptors (Lipinski definition) is 0. The molecule has 162 valence electrons. The van der Waals surface area contributed by atoms with E-state index in [2.05, 4.69) is 56.3 Å². The lowest BCUT2D eigenvalue weighted by Gasteiger charge is -2.35. The van der Waals surface area contributed by atoms with Crippen molar-refractivity contribution >= 4 is 0 Å². The number of rotatable bonds is 11. The summed E-state index contributed by atoms with van der Waals surface area (Å²) in [5, 5.41) is 0. The molecule has 0 aliphatic heterocycles. The van der Waals surface area contributed by atoms with E-state index < -0.39 is 0 Å². The van der Waals surface area contributed by atoms with Crippen molar-refractivity contribution in [2.24, 2.45) is 0 Å². The van der Waals surface area contributed by atoms with Gasteiger partial charge in [0.05, 0.1) is 0 Å². The van der Waals surface area contributed by atoms with Gasteiger partial charge in [0.15, 0.2) is 0 Å². The molecule has 4 rings (SSSR count). The number of hydrogen-bond donors (Lipinski definition) is 0. The van der Waals surface area contributed by atoms with Crippen molar-refractivity contribution < 1.29 is 0 Å². The molecule has 30 heavy (non-hydrogen) atoms. The molecule has 0 bridgehead atoms. The van der Waals surface area contributed by atoms with Crippen molar-refractivity contribution in [1.82, 2.24) is 0 Å². The van der Waals surface area contributed by atoms with Crippen LogP contribution in [0.4, 0.5) is 0 Å². The average Bonchev–Trinajstić information content (AvgIpc) is 3.41. The third kappa shape index (κ3) is 4.12. The Morgan fingerprint density at radius 3 is 2.00 bits per heavy atom. The molecule has 2 aromatic carbocycles. The molecule has 0 spiro atoms. The van der Waals surface area contributed by atoms with Crippen LogP contribution in [-0.4, -0.2) is 0 Å². The molecule has 1 saturated carbocycles. The molecule has 0 amide bonds. The Labute approximate surface area is 185 Å². The summed E-state index contributed by atoms with van der Waals surface area (Å²) in [6.07, 6.45) is 19.2. The van der Waals surface area contributed by atoms with Gasteiger partial charge >= 0.3 is 0 Å². The predicted molar refractivity (Wildman–Crippen MR) is 131 cm³/mol. The minimum atomic E-state index is 0.257. The topological polar surface area (TPSA) is 0 Å². The van der Waals surface area contributed by atoms with Crippen LogP contribution in [-0.2, 0) is 5.41 Å². The van der Waals surface area contributed by atoms with Gasteiger partial charge in [-0.25, -0.2) is 0 Å². The van der Waals surface area contributed by atoms with Crippen molar-refractivity contribution in [3.63, 3.8) is 0 Å². The van der Waals surface area contributed by atoms with E-state index in [0.717, 1.165) is 5.92 Å². The van der Waals surface area contributed by atoms with Crippen LogP contribution in [0, 0.1) is 0 Å². The van der Waals surface area contributed by atoms with E-state index in [1.165, 1.54) is 89.9 Å². The number of fused-ring (bicyclic) bond motifs is 3. The second-order valence-corrected chi connectivity index (χ2v) is 10.0. The quantitative estimate of drug-likeness (QED) is 0.328. The molecule has 0 heteroatoms. The number of unbranched alkanes of at least 4 members (excludes halogenated alkanes) is 6. The zero-order chi connectivity index (χ0) is 20.8. The van der Waals surface area contributed by atoms with Crippen LogP contribution in [0.15, 0.2) is 42.5 Å². The zero-order valence-electron chi connectivity index (χ0n) is 19.5. The second kappa shape index (κ2) is 10.2. The molecule has 0 aromatic heterocycles. The van der Waals surface area contributed by atoms with E-state index in [1.54, 1.807) is 27.8 Å². The Hall–Kier alpha value is -1.56. The Balaban J connectivity index is 1.78. The molecule has 0 unspecified atom stereocenters. The fraction of sp³-hybridized carbons (Fsp3) is 0.600. The van der Waals surface area contributed by atoms with Crippen molar-refractivity contribution in [2.45, 2.75) is 115 Å². The lowest BCUT2D eigenvalue weighted by Crippen LogP contribution is -2.27. The van der Waals surface area contributed by atoms with Gasteiger partial charge in [0.1, 0.15) is 0 Å². The molecule has 2 aliphatic carbocycles. The summed E-state index contributed by atoms with van der Waals surface area (Å²) in [6.45, 7) is 4.66. The zero-order valence-corrected chi connectivity index (χ0v) is 19.5. The molecule has 2 aliphatic rings. The van der Waals surface area contributed by atoms with E-state index >= 15 is 0 Å². The molecular weight excluding hydrogens is 360 g/mol. The van der Waals surface area contributed by atoms with E-state index in [0.29, 0.717) is 0 Å². The average molecular weight is 403 g/mol. The van der Waals surface area contributed by atoms with Gasteiger partial charge in [-0.05, 0) is 59.4 Å². The minimum absolute atomic E-state index is 0.257. The van der Waals surface area contributed by atoms with Crippen LogP contribution in [0.5, 0.6) is 0 Å². The third-order valence-corrected chi connectivity index (χ3v) is 8.02. The SMILES string of the molecule is CCCCCCC1(CCCCCC)c2ccccc2-c2cccc(C3CCCC3)c21. The van der Waals surface area contributed by atoms with Gasteiger partial charge in [-0.3, -0.25) is 0 Å². The Morgan fingerprint density at radius 1 is 0.700 bits per heavy atom. The van der Waals surface area contributed by atoms with E-state index in [4.69, 9.17) is 0 Å². The summed E-state index contributed by atoms with van der Waals surface area (Å²) in [6, 6.07) is 16.7. The van der Waals surface area contributed by atoms with Crippen LogP contribution in [0.2, 0.25) is 0 Å². The van der Waals surface area contributed by atoms with Crippen LogP contribution in [0.3, 0.4) is 0 Å². The fourth-order valence-corrected chi connectivity index (χ4v) is 6.53. The molecule has 0 nitrogen and oxygen atoms in total. The highest BCUT2D eigenvalue weighted by Crippen LogP contribution is 2.57. The Kier molecular flexibility index (Phi) is 7.34. The lowest BCUT2D eigenvalue weighted by atomic mass is 9.68. The smallest absolute Gasteiger partial charge is 0.0218 e. The summed E-state index contributed by atoms with van der Waals surface area (Å²) < 4.78 is 0. The summed E-state index contributed by atoms with van der Waals surface area (Å²) in [5.74, 6) is 0.792. The van der Waals surface area contributed by atoms with Gasteiger partial charge in [-0.1, -0.05) is 121 Å². The molecule has 1 fully saturated rings. The number of benzene rings is 2. The summed E-state index contributed by atoms with van der Waals surface area (Å²) in [7, 11) is 0. The molecule has 0 radical (unpaired) electrons. The molecule has 0 N–H and O–H groups in total. The predicted octanol–water partition coefficient (Wildman–Crippen LogP) is 9.55. The first-order valence-electron chi connectivity index (χ1n) is 13.0. The van der Waals surface area contributed by atoms with Crippen LogP contribution in [0.25, 0.3) is 11.1 Å². The molecule has 0 heterocycles. The van der Waals surface area contributed by atoms with Gasteiger partial charge in [0.25, 0.3) is 0 Å². The highest BCUT2D eigenvalue weighted by Gasteiger charge is 2.44. The first-order valence-corrected chi connectivity index (χ1v) is 13.0. The minimum Gasteiger partial charge on any atom is -0.0654 e. The Bertz CT molecular complexity index is 797. The van der Waals surface area contributed by atoms with Crippen molar-refractivity contribution in [1.29, 1.82) is 0 Å². The highest BCUT2D eigenvalue weighted by molar-refractivity contribution is 5.82. The van der Waals surface area contributed by atoms with E-state index in [1.807, 2.05) is 0 Å². The maximum atomic E-state index is 2.51. The summed E-state index contributed by atoms with van der Waals surface area (Å²) >= 11 is 0. The summed E-state index contributed by atoms with van der Waals surface area (Å²) in [5.41, 5.74) is 8.49. The van der Waals surface area contributed by atoms with Crippen LogP contribution < -0.4 is 0 Å². The van der Waals surface area contributed by atoms with Gasteiger partial charge in [-0.15, -0.1) is 0 Å². The van der Waals surface area contributed by atoms with Gasteiger partial charge in [-0.2, -0.15) is 0 Å². The normalized spacial score (nSPS) is 17.3. The maximum absolute atomic E-state index is 2.51. The van der Waals surface area contributed by atoms with Crippen LogP contribution >= 0.6 is 0 Å². The summed E-state index contributed by atoms with van der Waals surface area (Å²) in [4.78, 5) is 0. The first kappa shape index (κ1) is 21.7. The first-order chi connectivity index (χ1) is 14.8. The molecule has 2 aromatic rings. The Morgan fingerprint density at radius 2 is 1.33 bits per heavy atom. The maximum Gasteiger partial charge on any atom is 0.0218 e. The van der Waals surface area contributed by atoms with Gasteiger partial charge in [0.2, 0.25) is 0 Å². The lowest BCUT2D eigenvalue weighted by molar-refractivity contribution is 0.396. The van der Waals surface area contributed by atoms with E-state index in [9.17, 15) is 0 Å². The monoisotopic (exact) mass is 402 g/mol. The largest absolute Gasteiger partial charge is 0.0654 e. The fourth-order valence-electron chi connectivity index (χ4n) is 6.53. The van der Waals surface area contributed by atoms with Gasteiger partial charge in [0, 0.05) is 5.41 Å². The molecular formula is C30H42. The van der Waals surface area contributed by atoms with Crippen LogP contribution in [0.1, 0.15) is 126 Å². The van der Waals surface area contributed by atoms with Crippen molar-refractivity contribution in [2.75, 3.05) is 0 Å².